The summed E-state index contributed by atoms with van der Waals surface area (Å²) in [5.74, 6) is 1.10. The summed E-state index contributed by atoms with van der Waals surface area (Å²) < 4.78 is 23.8. The van der Waals surface area contributed by atoms with Gasteiger partial charge in [0.1, 0.15) is 0 Å². The summed E-state index contributed by atoms with van der Waals surface area (Å²) >= 11 is 0. The maximum Gasteiger partial charge on any atom is 0.192 e. The summed E-state index contributed by atoms with van der Waals surface area (Å²) in [4.78, 5) is 6.56. The van der Waals surface area contributed by atoms with Gasteiger partial charge < -0.3 is 10.6 Å². The van der Waals surface area contributed by atoms with Crippen molar-refractivity contribution >= 4 is 15.8 Å². The summed E-state index contributed by atoms with van der Waals surface area (Å²) in [7, 11) is -2.91. The molecule has 0 bridgehead atoms. The Hall–Kier alpha value is -0.780. The number of hydrogen-bond donors (Lipinski definition) is 1. The van der Waals surface area contributed by atoms with Gasteiger partial charge in [-0.1, -0.05) is 25.7 Å². The fourth-order valence-electron chi connectivity index (χ4n) is 3.93. The average Bonchev–Trinajstić information content (AvgIpc) is 2.70. The van der Waals surface area contributed by atoms with E-state index < -0.39 is 9.84 Å². The predicted molar refractivity (Wildman–Crippen MR) is 75.8 cm³/mol. The van der Waals surface area contributed by atoms with Crippen molar-refractivity contribution in [3.8, 4) is 0 Å². The van der Waals surface area contributed by atoms with Gasteiger partial charge in [-0.25, -0.2) is 8.42 Å². The van der Waals surface area contributed by atoms with Crippen LogP contribution in [0.3, 0.4) is 0 Å². The maximum absolute atomic E-state index is 11.9. The SMILES string of the molecule is NC1=NCC2(CCS(=O)(=O)C2)N1C1CCCCCC1. The quantitative estimate of drug-likeness (QED) is 0.726. The van der Waals surface area contributed by atoms with Gasteiger partial charge in [-0.05, 0) is 19.3 Å². The van der Waals surface area contributed by atoms with Gasteiger partial charge >= 0.3 is 0 Å². The van der Waals surface area contributed by atoms with Crippen molar-refractivity contribution in [3.63, 3.8) is 0 Å². The Bertz CT molecular complexity index is 480. The highest BCUT2D eigenvalue weighted by atomic mass is 32.2. The van der Waals surface area contributed by atoms with Gasteiger partial charge in [0.2, 0.25) is 0 Å². The van der Waals surface area contributed by atoms with Crippen molar-refractivity contribution in [1.29, 1.82) is 0 Å². The van der Waals surface area contributed by atoms with E-state index in [-0.39, 0.29) is 11.3 Å². The van der Waals surface area contributed by atoms with Gasteiger partial charge in [0.05, 0.1) is 23.6 Å². The third-order valence-electron chi connectivity index (χ3n) is 4.85. The number of nitrogens with two attached hydrogens (primary N) is 1. The van der Waals surface area contributed by atoms with Crippen LogP contribution >= 0.6 is 0 Å². The Labute approximate surface area is 115 Å². The molecule has 1 aliphatic carbocycles. The highest BCUT2D eigenvalue weighted by Crippen LogP contribution is 2.38. The molecule has 1 atom stereocenters. The number of rotatable bonds is 1. The molecular formula is C13H23N3O2S. The van der Waals surface area contributed by atoms with Crippen LogP contribution in [0.1, 0.15) is 44.9 Å². The number of guanidine groups is 1. The van der Waals surface area contributed by atoms with E-state index in [2.05, 4.69) is 9.89 Å². The summed E-state index contributed by atoms with van der Waals surface area (Å²) in [6, 6.07) is 0.391. The lowest BCUT2D eigenvalue weighted by Gasteiger charge is -2.41. The molecule has 3 aliphatic rings. The molecule has 1 unspecified atom stereocenters. The fourth-order valence-corrected chi connectivity index (χ4v) is 5.96. The van der Waals surface area contributed by atoms with E-state index in [1.165, 1.54) is 25.7 Å². The first-order valence-corrected chi connectivity index (χ1v) is 9.14. The largest absolute Gasteiger partial charge is 0.370 e. The van der Waals surface area contributed by atoms with E-state index >= 15 is 0 Å². The van der Waals surface area contributed by atoms with Crippen LogP contribution in [-0.4, -0.2) is 48.9 Å². The zero-order valence-corrected chi connectivity index (χ0v) is 12.2. The number of nitrogens with zero attached hydrogens (tertiary/aromatic N) is 2. The summed E-state index contributed by atoms with van der Waals surface area (Å²) in [6.45, 7) is 0.564. The first kappa shape index (κ1) is 13.2. The summed E-state index contributed by atoms with van der Waals surface area (Å²) in [5, 5.41) is 0. The maximum atomic E-state index is 11.9. The summed E-state index contributed by atoms with van der Waals surface area (Å²) in [6.07, 6.45) is 7.94. The van der Waals surface area contributed by atoms with E-state index in [1.54, 1.807) is 0 Å². The van der Waals surface area contributed by atoms with Crippen molar-refractivity contribution < 1.29 is 8.42 Å². The van der Waals surface area contributed by atoms with Gasteiger partial charge in [-0.15, -0.1) is 0 Å². The molecule has 0 aromatic carbocycles. The van der Waals surface area contributed by atoms with E-state index in [9.17, 15) is 8.42 Å². The van der Waals surface area contributed by atoms with Crippen molar-refractivity contribution in [2.75, 3.05) is 18.1 Å². The van der Waals surface area contributed by atoms with Crippen molar-refractivity contribution in [2.45, 2.75) is 56.5 Å². The minimum absolute atomic E-state index is 0.237. The summed E-state index contributed by atoms with van der Waals surface area (Å²) in [5.41, 5.74) is 5.76. The van der Waals surface area contributed by atoms with E-state index in [4.69, 9.17) is 5.73 Å². The van der Waals surface area contributed by atoms with Crippen molar-refractivity contribution in [1.82, 2.24) is 4.90 Å². The topological polar surface area (TPSA) is 75.8 Å². The van der Waals surface area contributed by atoms with Crippen LogP contribution in [0.5, 0.6) is 0 Å². The molecule has 2 N–H and O–H groups in total. The van der Waals surface area contributed by atoms with Crippen LogP contribution in [0.4, 0.5) is 0 Å². The second-order valence-corrected chi connectivity index (χ2v) is 8.44. The van der Waals surface area contributed by atoms with Crippen molar-refractivity contribution in [2.24, 2.45) is 10.7 Å². The Balaban J connectivity index is 1.86. The van der Waals surface area contributed by atoms with Crippen LogP contribution in [0.25, 0.3) is 0 Å². The molecular weight excluding hydrogens is 262 g/mol. The number of aliphatic imine (C=N–C) groups is 1. The minimum Gasteiger partial charge on any atom is -0.370 e. The van der Waals surface area contributed by atoms with Gasteiger partial charge in [-0.2, -0.15) is 0 Å². The molecule has 6 heteroatoms. The zero-order chi connectivity index (χ0) is 13.5. The standard InChI is InChI=1S/C13H23N3O2S/c14-12-15-9-13(7-8-19(17,18)10-13)16(12)11-5-3-1-2-4-6-11/h11H,1-10H2,(H2,14,15). The Kier molecular flexibility index (Phi) is 3.23. The highest BCUT2D eigenvalue weighted by molar-refractivity contribution is 7.91. The van der Waals surface area contributed by atoms with E-state index in [1.807, 2.05) is 0 Å². The van der Waals surface area contributed by atoms with Crippen molar-refractivity contribution in [3.05, 3.63) is 0 Å². The molecule has 5 nitrogen and oxygen atoms in total. The predicted octanol–water partition coefficient (Wildman–Crippen LogP) is 0.897. The molecule has 1 spiro atoms. The number of hydrogen-bond acceptors (Lipinski definition) is 5. The monoisotopic (exact) mass is 285 g/mol. The third kappa shape index (κ3) is 2.35. The van der Waals surface area contributed by atoms with Crippen LogP contribution in [0.2, 0.25) is 0 Å². The first-order chi connectivity index (χ1) is 9.03. The van der Waals surface area contributed by atoms with Gasteiger partial charge in [-0.3, -0.25) is 4.99 Å². The molecule has 0 aromatic rings. The molecule has 108 valence electrons. The first-order valence-electron chi connectivity index (χ1n) is 7.32. The molecule has 2 heterocycles. The lowest BCUT2D eigenvalue weighted by atomic mass is 9.94. The fraction of sp³-hybridized carbons (Fsp3) is 0.923. The third-order valence-corrected chi connectivity index (χ3v) is 6.65. The van der Waals surface area contributed by atoms with Gasteiger partial charge in [0.15, 0.2) is 15.8 Å². The van der Waals surface area contributed by atoms with Crippen LogP contribution in [-0.2, 0) is 9.84 Å². The lowest BCUT2D eigenvalue weighted by Crippen LogP contribution is -2.57. The minimum atomic E-state index is -2.91. The molecule has 1 saturated heterocycles. The zero-order valence-electron chi connectivity index (χ0n) is 11.3. The van der Waals surface area contributed by atoms with Gasteiger partial charge in [0, 0.05) is 6.04 Å². The highest BCUT2D eigenvalue weighted by Gasteiger charge is 2.52. The van der Waals surface area contributed by atoms with E-state index in [0.29, 0.717) is 30.7 Å². The second-order valence-electron chi connectivity index (χ2n) is 6.26. The Morgan fingerprint density at radius 1 is 1.21 bits per heavy atom. The van der Waals surface area contributed by atoms with Crippen LogP contribution < -0.4 is 5.73 Å². The smallest absolute Gasteiger partial charge is 0.192 e. The molecule has 2 fully saturated rings. The lowest BCUT2D eigenvalue weighted by molar-refractivity contribution is 0.157. The Morgan fingerprint density at radius 2 is 1.89 bits per heavy atom. The van der Waals surface area contributed by atoms with Gasteiger partial charge in [0.25, 0.3) is 0 Å². The molecule has 0 aromatic heterocycles. The average molecular weight is 285 g/mol. The molecule has 0 amide bonds. The van der Waals surface area contributed by atoms with Crippen LogP contribution in [0, 0.1) is 0 Å². The van der Waals surface area contributed by atoms with E-state index in [0.717, 1.165) is 12.8 Å². The molecule has 0 radical (unpaired) electrons. The normalized spacial score (nSPS) is 35.6. The molecule has 19 heavy (non-hydrogen) atoms. The molecule has 1 saturated carbocycles. The number of sulfone groups is 1. The second kappa shape index (κ2) is 4.65. The molecule has 3 rings (SSSR count). The Morgan fingerprint density at radius 3 is 2.47 bits per heavy atom. The van der Waals surface area contributed by atoms with Crippen LogP contribution in [0.15, 0.2) is 4.99 Å². The molecule has 2 aliphatic heterocycles.